The standard InChI is InChI=1S/C19H35NO5/c1-5-19(18(24)25-6-2,20-14-12-16(21)15(3)4)13-10-8-7-9-11-17(22)23/h15,20H,5-14H2,1-4H3,(H,22,23). The molecule has 0 heterocycles. The van der Waals surface area contributed by atoms with E-state index in [1.54, 1.807) is 6.92 Å². The number of hydrogen-bond acceptors (Lipinski definition) is 5. The number of ether oxygens (including phenoxy) is 1. The number of esters is 1. The van der Waals surface area contributed by atoms with E-state index in [-0.39, 0.29) is 24.1 Å². The Morgan fingerprint density at radius 2 is 1.68 bits per heavy atom. The first-order chi connectivity index (χ1) is 11.8. The van der Waals surface area contributed by atoms with Crippen LogP contribution < -0.4 is 5.32 Å². The number of hydrogen-bond donors (Lipinski definition) is 2. The average Bonchev–Trinajstić information content (AvgIpc) is 2.55. The molecule has 1 atom stereocenters. The molecule has 0 aliphatic carbocycles. The molecule has 25 heavy (non-hydrogen) atoms. The second kappa shape index (κ2) is 12.9. The summed E-state index contributed by atoms with van der Waals surface area (Å²) in [5, 5.41) is 11.9. The number of carbonyl (C=O) groups excluding carboxylic acids is 2. The fourth-order valence-electron chi connectivity index (χ4n) is 2.75. The van der Waals surface area contributed by atoms with Gasteiger partial charge in [0.05, 0.1) is 6.61 Å². The van der Waals surface area contributed by atoms with Gasteiger partial charge in [-0.05, 0) is 26.2 Å². The van der Waals surface area contributed by atoms with E-state index in [0.29, 0.717) is 38.8 Å². The zero-order valence-corrected chi connectivity index (χ0v) is 16.2. The molecule has 6 nitrogen and oxygen atoms in total. The second-order valence-electron chi connectivity index (χ2n) is 6.76. The smallest absolute Gasteiger partial charge is 0.326 e. The molecule has 0 aromatic carbocycles. The van der Waals surface area contributed by atoms with Crippen molar-refractivity contribution in [1.82, 2.24) is 5.32 Å². The highest BCUT2D eigenvalue weighted by molar-refractivity contribution is 5.82. The van der Waals surface area contributed by atoms with Crippen molar-refractivity contribution in [2.24, 2.45) is 5.92 Å². The van der Waals surface area contributed by atoms with Crippen LogP contribution in [0, 0.1) is 5.92 Å². The number of nitrogens with one attached hydrogen (secondary N) is 1. The number of carboxylic acids is 1. The van der Waals surface area contributed by atoms with E-state index < -0.39 is 11.5 Å². The number of Topliss-reactive ketones (excluding diaryl/α,β-unsaturated/α-hetero) is 1. The van der Waals surface area contributed by atoms with E-state index in [2.05, 4.69) is 5.32 Å². The Kier molecular flexibility index (Phi) is 12.1. The fraction of sp³-hybridized carbons (Fsp3) is 0.842. The Balaban J connectivity index is 4.58. The minimum Gasteiger partial charge on any atom is -0.481 e. The van der Waals surface area contributed by atoms with E-state index in [9.17, 15) is 14.4 Å². The fourth-order valence-corrected chi connectivity index (χ4v) is 2.75. The van der Waals surface area contributed by atoms with Gasteiger partial charge in [0, 0.05) is 25.3 Å². The zero-order chi connectivity index (χ0) is 19.3. The van der Waals surface area contributed by atoms with Crippen LogP contribution in [0.15, 0.2) is 0 Å². The van der Waals surface area contributed by atoms with Crippen LogP contribution in [-0.4, -0.2) is 41.5 Å². The van der Waals surface area contributed by atoms with Gasteiger partial charge in [0.25, 0.3) is 0 Å². The van der Waals surface area contributed by atoms with Crippen molar-refractivity contribution in [3.05, 3.63) is 0 Å². The van der Waals surface area contributed by atoms with Crippen LogP contribution in [0.2, 0.25) is 0 Å². The molecule has 0 aromatic heterocycles. The Morgan fingerprint density at radius 3 is 2.20 bits per heavy atom. The summed E-state index contributed by atoms with van der Waals surface area (Å²) < 4.78 is 5.25. The molecule has 0 spiro atoms. The summed E-state index contributed by atoms with van der Waals surface area (Å²) in [4.78, 5) is 34.8. The predicted octanol–water partition coefficient (Wildman–Crippen LogP) is 3.33. The van der Waals surface area contributed by atoms with Crippen molar-refractivity contribution in [3.63, 3.8) is 0 Å². The summed E-state index contributed by atoms with van der Waals surface area (Å²) in [6.07, 6.45) is 5.00. The van der Waals surface area contributed by atoms with Gasteiger partial charge in [-0.2, -0.15) is 0 Å². The summed E-state index contributed by atoms with van der Waals surface area (Å²) in [6, 6.07) is 0. The van der Waals surface area contributed by atoms with E-state index in [1.807, 2.05) is 20.8 Å². The van der Waals surface area contributed by atoms with Gasteiger partial charge in [0.15, 0.2) is 0 Å². The summed E-state index contributed by atoms with van der Waals surface area (Å²) >= 11 is 0. The first-order valence-corrected chi connectivity index (χ1v) is 9.45. The topological polar surface area (TPSA) is 92.7 Å². The van der Waals surface area contributed by atoms with Crippen LogP contribution in [0.3, 0.4) is 0 Å². The molecule has 0 rings (SSSR count). The maximum absolute atomic E-state index is 12.5. The highest BCUT2D eigenvalue weighted by Crippen LogP contribution is 2.22. The maximum Gasteiger partial charge on any atom is 0.326 e. The van der Waals surface area contributed by atoms with Gasteiger partial charge in [-0.15, -0.1) is 0 Å². The van der Waals surface area contributed by atoms with E-state index >= 15 is 0 Å². The lowest BCUT2D eigenvalue weighted by Gasteiger charge is -2.32. The maximum atomic E-state index is 12.5. The third kappa shape index (κ3) is 9.58. The lowest BCUT2D eigenvalue weighted by Crippen LogP contribution is -2.53. The van der Waals surface area contributed by atoms with E-state index in [1.165, 1.54) is 0 Å². The Labute approximate surface area is 151 Å². The minimum absolute atomic E-state index is 0.00495. The first-order valence-electron chi connectivity index (χ1n) is 9.45. The number of ketones is 1. The van der Waals surface area contributed by atoms with Gasteiger partial charge in [0.1, 0.15) is 11.3 Å². The van der Waals surface area contributed by atoms with Crippen LogP contribution >= 0.6 is 0 Å². The number of carboxylic acid groups (broad SMARTS) is 1. The number of aliphatic carboxylic acids is 1. The van der Waals surface area contributed by atoms with Crippen LogP contribution in [0.4, 0.5) is 0 Å². The molecule has 0 saturated heterocycles. The largest absolute Gasteiger partial charge is 0.481 e. The second-order valence-corrected chi connectivity index (χ2v) is 6.76. The quantitative estimate of drug-likeness (QED) is 0.345. The zero-order valence-electron chi connectivity index (χ0n) is 16.2. The third-order valence-corrected chi connectivity index (χ3v) is 4.49. The molecule has 0 saturated carbocycles. The van der Waals surface area contributed by atoms with Gasteiger partial charge in [-0.1, -0.05) is 40.0 Å². The number of unbranched alkanes of at least 4 members (excludes halogenated alkanes) is 3. The van der Waals surface area contributed by atoms with E-state index in [4.69, 9.17) is 9.84 Å². The highest BCUT2D eigenvalue weighted by Gasteiger charge is 2.37. The summed E-state index contributed by atoms with van der Waals surface area (Å²) in [6.45, 7) is 8.26. The van der Waals surface area contributed by atoms with Gasteiger partial charge in [0.2, 0.25) is 0 Å². The van der Waals surface area contributed by atoms with Crippen LogP contribution in [0.25, 0.3) is 0 Å². The first kappa shape index (κ1) is 23.6. The van der Waals surface area contributed by atoms with Crippen molar-refractivity contribution in [2.45, 2.75) is 84.6 Å². The SMILES string of the molecule is CCOC(=O)C(CC)(CCCCCCC(=O)O)NCCC(=O)C(C)C. The molecule has 0 amide bonds. The molecule has 0 fully saturated rings. The van der Waals surface area contributed by atoms with Crippen molar-refractivity contribution >= 4 is 17.7 Å². The highest BCUT2D eigenvalue weighted by atomic mass is 16.5. The summed E-state index contributed by atoms with van der Waals surface area (Å²) in [5.74, 6) is -0.865. The van der Waals surface area contributed by atoms with Gasteiger partial charge < -0.3 is 15.2 Å². The van der Waals surface area contributed by atoms with Crippen molar-refractivity contribution < 1.29 is 24.2 Å². The molecular formula is C19H35NO5. The molecule has 1 unspecified atom stereocenters. The number of rotatable bonds is 15. The van der Waals surface area contributed by atoms with Crippen LogP contribution in [-0.2, 0) is 19.1 Å². The molecule has 0 aliphatic rings. The van der Waals surface area contributed by atoms with Crippen LogP contribution in [0.5, 0.6) is 0 Å². The predicted molar refractivity (Wildman–Crippen MR) is 97.5 cm³/mol. The lowest BCUT2D eigenvalue weighted by atomic mass is 9.88. The Hall–Kier alpha value is -1.43. The summed E-state index contributed by atoms with van der Waals surface area (Å²) in [5.41, 5.74) is -0.764. The molecule has 2 N–H and O–H groups in total. The molecule has 0 aromatic rings. The van der Waals surface area contributed by atoms with Crippen molar-refractivity contribution in [1.29, 1.82) is 0 Å². The van der Waals surface area contributed by atoms with Gasteiger partial charge >= 0.3 is 11.9 Å². The van der Waals surface area contributed by atoms with E-state index in [0.717, 1.165) is 19.3 Å². The minimum atomic E-state index is -0.772. The van der Waals surface area contributed by atoms with Crippen molar-refractivity contribution in [2.75, 3.05) is 13.2 Å². The Bertz CT molecular complexity index is 422. The summed E-state index contributed by atoms with van der Waals surface area (Å²) in [7, 11) is 0. The Morgan fingerprint density at radius 1 is 1.04 bits per heavy atom. The molecule has 6 heteroatoms. The average molecular weight is 357 g/mol. The third-order valence-electron chi connectivity index (χ3n) is 4.49. The number of carbonyl (C=O) groups is 3. The molecule has 0 bridgehead atoms. The van der Waals surface area contributed by atoms with Gasteiger partial charge in [-0.3, -0.25) is 14.4 Å². The molecule has 0 aliphatic heterocycles. The molecule has 146 valence electrons. The van der Waals surface area contributed by atoms with Crippen molar-refractivity contribution in [3.8, 4) is 0 Å². The monoisotopic (exact) mass is 357 g/mol. The molecular weight excluding hydrogens is 322 g/mol. The van der Waals surface area contributed by atoms with Crippen LogP contribution in [0.1, 0.15) is 79.1 Å². The molecule has 0 radical (unpaired) electrons. The lowest BCUT2D eigenvalue weighted by molar-refractivity contribution is -0.152. The van der Waals surface area contributed by atoms with Gasteiger partial charge in [-0.25, -0.2) is 0 Å². The normalized spacial score (nSPS) is 13.5.